The zero-order valence-corrected chi connectivity index (χ0v) is 10.1. The van der Waals surface area contributed by atoms with Crippen LogP contribution in [0.4, 0.5) is 0 Å². The highest BCUT2D eigenvalue weighted by atomic mass is 35.5. The molecule has 0 spiro atoms. The number of carbonyl (C=O) groups is 1. The number of hydrogen-bond acceptors (Lipinski definition) is 2. The van der Waals surface area contributed by atoms with Crippen molar-refractivity contribution >= 4 is 23.5 Å². The summed E-state index contributed by atoms with van der Waals surface area (Å²) in [5, 5.41) is 0.663. The molecule has 4 heteroatoms. The van der Waals surface area contributed by atoms with Gasteiger partial charge in [-0.25, -0.2) is 4.98 Å². The minimum Gasteiger partial charge on any atom is -0.306 e. The highest BCUT2D eigenvalue weighted by molar-refractivity contribution is 6.33. The number of aldehydes is 1. The van der Waals surface area contributed by atoms with Crippen LogP contribution in [-0.4, -0.2) is 15.7 Å². The molecule has 2 heterocycles. The summed E-state index contributed by atoms with van der Waals surface area (Å²) in [6.45, 7) is 0. The van der Waals surface area contributed by atoms with Crippen LogP contribution in [0, 0.1) is 0 Å². The Morgan fingerprint density at radius 2 is 2.06 bits per heavy atom. The molecule has 0 saturated carbocycles. The molecule has 0 N–H and O–H groups in total. The third kappa shape index (κ3) is 1.79. The van der Waals surface area contributed by atoms with Crippen LogP contribution in [-0.2, 0) is 0 Å². The topological polar surface area (TPSA) is 34.4 Å². The molecule has 3 rings (SSSR count). The Morgan fingerprint density at radius 1 is 1.22 bits per heavy atom. The van der Waals surface area contributed by atoms with Gasteiger partial charge in [0.1, 0.15) is 11.9 Å². The highest BCUT2D eigenvalue weighted by Gasteiger charge is 2.07. The van der Waals surface area contributed by atoms with E-state index < -0.39 is 0 Å². The highest BCUT2D eigenvalue weighted by Crippen LogP contribution is 2.26. The number of pyridine rings is 1. The summed E-state index contributed by atoms with van der Waals surface area (Å²) in [5.41, 5.74) is 3.02. The lowest BCUT2D eigenvalue weighted by Crippen LogP contribution is -1.85. The van der Waals surface area contributed by atoms with Gasteiger partial charge in [0.15, 0.2) is 0 Å². The fourth-order valence-corrected chi connectivity index (χ4v) is 2.10. The average Bonchev–Trinajstić information content (AvgIpc) is 2.81. The summed E-state index contributed by atoms with van der Waals surface area (Å²) in [4.78, 5) is 15.2. The van der Waals surface area contributed by atoms with Crippen LogP contribution in [0.2, 0.25) is 5.02 Å². The molecule has 0 aliphatic rings. The van der Waals surface area contributed by atoms with Gasteiger partial charge in [-0.3, -0.25) is 4.79 Å². The van der Waals surface area contributed by atoms with Crippen molar-refractivity contribution in [3.8, 4) is 11.3 Å². The number of benzene rings is 1. The average molecular weight is 257 g/mol. The minimum absolute atomic E-state index is 0.610. The molecule has 3 aromatic rings. The molecule has 0 radical (unpaired) electrons. The number of imidazole rings is 1. The zero-order chi connectivity index (χ0) is 12.5. The maximum absolute atomic E-state index is 10.7. The number of nitrogens with zero attached hydrogens (tertiary/aromatic N) is 2. The van der Waals surface area contributed by atoms with Crippen molar-refractivity contribution in [2.45, 2.75) is 0 Å². The van der Waals surface area contributed by atoms with Gasteiger partial charge >= 0.3 is 0 Å². The van der Waals surface area contributed by atoms with E-state index in [2.05, 4.69) is 4.98 Å². The van der Waals surface area contributed by atoms with E-state index in [4.69, 9.17) is 11.6 Å². The maximum atomic E-state index is 10.7. The SMILES string of the molecule is O=Cc1ccn2cc(-c3ccccc3Cl)nc2c1. The van der Waals surface area contributed by atoms with Crippen LogP contribution in [0.5, 0.6) is 0 Å². The first-order chi connectivity index (χ1) is 8.78. The lowest BCUT2D eigenvalue weighted by molar-refractivity contribution is 0.112. The van der Waals surface area contributed by atoms with Crippen LogP contribution in [0.3, 0.4) is 0 Å². The number of halogens is 1. The number of hydrogen-bond donors (Lipinski definition) is 0. The summed E-state index contributed by atoms with van der Waals surface area (Å²) >= 11 is 6.14. The van der Waals surface area contributed by atoms with Gasteiger partial charge in [-0.2, -0.15) is 0 Å². The summed E-state index contributed by atoms with van der Waals surface area (Å²) < 4.78 is 1.87. The van der Waals surface area contributed by atoms with E-state index in [1.54, 1.807) is 12.1 Å². The van der Waals surface area contributed by atoms with E-state index in [0.717, 1.165) is 23.2 Å². The van der Waals surface area contributed by atoms with E-state index in [1.807, 2.05) is 41.1 Å². The molecule has 0 aliphatic heterocycles. The Balaban J connectivity index is 2.19. The van der Waals surface area contributed by atoms with Gasteiger partial charge in [-0.15, -0.1) is 0 Å². The van der Waals surface area contributed by atoms with E-state index >= 15 is 0 Å². The molecule has 18 heavy (non-hydrogen) atoms. The first kappa shape index (κ1) is 11.0. The molecule has 88 valence electrons. The van der Waals surface area contributed by atoms with E-state index in [-0.39, 0.29) is 0 Å². The molecule has 0 amide bonds. The molecule has 0 atom stereocenters. The second-order valence-electron chi connectivity index (χ2n) is 3.95. The maximum Gasteiger partial charge on any atom is 0.150 e. The van der Waals surface area contributed by atoms with Gasteiger partial charge < -0.3 is 4.40 Å². The smallest absolute Gasteiger partial charge is 0.150 e. The summed E-state index contributed by atoms with van der Waals surface area (Å²) in [6, 6.07) is 11.0. The van der Waals surface area contributed by atoms with Gasteiger partial charge in [0.25, 0.3) is 0 Å². The first-order valence-electron chi connectivity index (χ1n) is 5.47. The van der Waals surface area contributed by atoms with Crippen LogP contribution >= 0.6 is 11.6 Å². The standard InChI is InChI=1S/C14H9ClN2O/c15-12-4-2-1-3-11(12)13-8-17-6-5-10(9-18)7-14(17)16-13/h1-9H. The van der Waals surface area contributed by atoms with Gasteiger partial charge in [0.05, 0.1) is 10.7 Å². The Kier molecular flexibility index (Phi) is 2.61. The monoisotopic (exact) mass is 256 g/mol. The van der Waals surface area contributed by atoms with Crippen LogP contribution < -0.4 is 0 Å². The normalized spacial score (nSPS) is 10.7. The van der Waals surface area contributed by atoms with Crippen molar-refractivity contribution in [3.63, 3.8) is 0 Å². The molecule has 3 nitrogen and oxygen atoms in total. The first-order valence-corrected chi connectivity index (χ1v) is 5.84. The van der Waals surface area contributed by atoms with Crippen LogP contribution in [0.1, 0.15) is 10.4 Å². The Morgan fingerprint density at radius 3 is 2.83 bits per heavy atom. The van der Waals surface area contributed by atoms with Crippen LogP contribution in [0.25, 0.3) is 16.9 Å². The molecular weight excluding hydrogens is 248 g/mol. The lowest BCUT2D eigenvalue weighted by atomic mass is 10.2. The second kappa shape index (κ2) is 4.27. The van der Waals surface area contributed by atoms with Crippen molar-refractivity contribution in [1.29, 1.82) is 0 Å². The third-order valence-corrected chi connectivity index (χ3v) is 3.10. The molecular formula is C14H9ClN2O. The van der Waals surface area contributed by atoms with Crippen molar-refractivity contribution < 1.29 is 4.79 Å². The van der Waals surface area contributed by atoms with Crippen LogP contribution in [0.15, 0.2) is 48.8 Å². The molecule has 2 aromatic heterocycles. The third-order valence-electron chi connectivity index (χ3n) is 2.77. The van der Waals surface area contributed by atoms with Gasteiger partial charge in [0, 0.05) is 23.5 Å². The Hall–Kier alpha value is -2.13. The fraction of sp³-hybridized carbons (Fsp3) is 0. The molecule has 0 fully saturated rings. The molecule has 0 aliphatic carbocycles. The van der Waals surface area contributed by atoms with Crippen molar-refractivity contribution in [2.24, 2.45) is 0 Å². The van der Waals surface area contributed by atoms with E-state index in [1.165, 1.54) is 0 Å². The Labute approximate surface area is 109 Å². The van der Waals surface area contributed by atoms with Gasteiger partial charge in [-0.05, 0) is 18.2 Å². The lowest BCUT2D eigenvalue weighted by Gasteiger charge is -1.97. The number of carbonyl (C=O) groups excluding carboxylic acids is 1. The zero-order valence-electron chi connectivity index (χ0n) is 9.38. The summed E-state index contributed by atoms with van der Waals surface area (Å²) in [5.74, 6) is 0. The van der Waals surface area contributed by atoms with Gasteiger partial charge in [-0.1, -0.05) is 29.8 Å². The largest absolute Gasteiger partial charge is 0.306 e. The number of aromatic nitrogens is 2. The summed E-state index contributed by atoms with van der Waals surface area (Å²) in [6.07, 6.45) is 4.52. The number of fused-ring (bicyclic) bond motifs is 1. The van der Waals surface area contributed by atoms with E-state index in [0.29, 0.717) is 10.6 Å². The molecule has 0 bridgehead atoms. The molecule has 0 saturated heterocycles. The Bertz CT molecular complexity index is 733. The second-order valence-corrected chi connectivity index (χ2v) is 4.36. The predicted octanol–water partition coefficient (Wildman–Crippen LogP) is 3.47. The van der Waals surface area contributed by atoms with Crippen molar-refractivity contribution in [3.05, 3.63) is 59.4 Å². The predicted molar refractivity (Wildman–Crippen MR) is 71.0 cm³/mol. The van der Waals surface area contributed by atoms with Crippen molar-refractivity contribution in [1.82, 2.24) is 9.38 Å². The number of rotatable bonds is 2. The minimum atomic E-state index is 0.610. The fourth-order valence-electron chi connectivity index (χ4n) is 1.87. The van der Waals surface area contributed by atoms with Crippen molar-refractivity contribution in [2.75, 3.05) is 0 Å². The molecule has 1 aromatic carbocycles. The van der Waals surface area contributed by atoms with E-state index in [9.17, 15) is 4.79 Å². The quantitative estimate of drug-likeness (QED) is 0.658. The molecule has 0 unspecified atom stereocenters. The van der Waals surface area contributed by atoms with Gasteiger partial charge in [0.2, 0.25) is 0 Å². The summed E-state index contributed by atoms with van der Waals surface area (Å²) in [7, 11) is 0.